The van der Waals surface area contributed by atoms with E-state index in [1.54, 1.807) is 0 Å². The van der Waals surface area contributed by atoms with Gasteiger partial charge in [0, 0.05) is 0 Å². The molecule has 0 aromatic heterocycles. The maximum absolute atomic E-state index is 3.85. The molecule has 0 atom stereocenters. The van der Waals surface area contributed by atoms with E-state index in [0.717, 1.165) is 0 Å². The monoisotopic (exact) mass is 166 g/mol. The molecule has 0 aliphatic heterocycles. The van der Waals surface area contributed by atoms with Crippen molar-refractivity contribution in [3.05, 3.63) is 0 Å². The standard InChI is InChI=1S/C4H6S2.2Na.2H/c5-3-1-2-4-6;;;;/h5-6H,3-4H2;;;;. The first kappa shape index (κ1) is 16.7. The van der Waals surface area contributed by atoms with Crippen LogP contribution in [0.15, 0.2) is 0 Å². The normalized spacial score (nSPS) is 4.75. The fraction of sp³-hybridized carbons (Fsp3) is 0.500. The van der Waals surface area contributed by atoms with Crippen molar-refractivity contribution < 1.29 is 0 Å². The van der Waals surface area contributed by atoms with Crippen LogP contribution >= 0.6 is 25.3 Å². The molecule has 0 amide bonds. The quantitative estimate of drug-likeness (QED) is 0.272. The van der Waals surface area contributed by atoms with E-state index in [-0.39, 0.29) is 59.1 Å². The Balaban J connectivity index is -0.000000125. The van der Waals surface area contributed by atoms with Crippen LogP contribution in [0.2, 0.25) is 0 Å². The fourth-order valence-electron chi connectivity index (χ4n) is 0.112. The molecule has 38 valence electrons. The van der Waals surface area contributed by atoms with Gasteiger partial charge in [0.15, 0.2) is 0 Å². The van der Waals surface area contributed by atoms with Gasteiger partial charge in [-0.3, -0.25) is 0 Å². The SMILES string of the molecule is SCC#CCS.[NaH].[NaH]. The van der Waals surface area contributed by atoms with Gasteiger partial charge in [0.05, 0.1) is 11.5 Å². The average molecular weight is 166 g/mol. The van der Waals surface area contributed by atoms with Crippen molar-refractivity contribution in [2.45, 2.75) is 0 Å². The van der Waals surface area contributed by atoms with Crippen LogP contribution in [0.4, 0.5) is 0 Å². The number of rotatable bonds is 0. The van der Waals surface area contributed by atoms with Crippen LogP contribution in [0.5, 0.6) is 0 Å². The summed E-state index contributed by atoms with van der Waals surface area (Å²) in [7, 11) is 0. The molecule has 4 heteroatoms. The molecule has 0 saturated heterocycles. The first-order valence-electron chi connectivity index (χ1n) is 1.59. The van der Waals surface area contributed by atoms with Crippen LogP contribution in [0.25, 0.3) is 0 Å². The maximum atomic E-state index is 3.85. The van der Waals surface area contributed by atoms with Crippen molar-refractivity contribution in [2.24, 2.45) is 0 Å². The summed E-state index contributed by atoms with van der Waals surface area (Å²) in [6.07, 6.45) is 0. The predicted octanol–water partition coefficient (Wildman–Crippen LogP) is -0.448. The summed E-state index contributed by atoms with van der Waals surface area (Å²) >= 11 is 7.69. The number of hydrogen-bond acceptors (Lipinski definition) is 2. The topological polar surface area (TPSA) is 0 Å². The Bertz CT molecular complexity index is 65.8. The molecule has 0 spiro atoms. The third kappa shape index (κ3) is 15.7. The van der Waals surface area contributed by atoms with Crippen molar-refractivity contribution in [1.29, 1.82) is 0 Å². The Morgan fingerprint density at radius 3 is 1.25 bits per heavy atom. The Labute approximate surface area is 106 Å². The van der Waals surface area contributed by atoms with E-state index in [0.29, 0.717) is 11.5 Å². The molecule has 0 nitrogen and oxygen atoms in total. The van der Waals surface area contributed by atoms with Gasteiger partial charge >= 0.3 is 59.1 Å². The molecule has 0 aromatic rings. The van der Waals surface area contributed by atoms with E-state index >= 15 is 0 Å². The van der Waals surface area contributed by atoms with Crippen molar-refractivity contribution in [1.82, 2.24) is 0 Å². The minimum atomic E-state index is 0. The minimum absolute atomic E-state index is 0. The van der Waals surface area contributed by atoms with E-state index < -0.39 is 0 Å². The molecule has 0 aromatic carbocycles. The Morgan fingerprint density at radius 1 is 0.875 bits per heavy atom. The summed E-state index contributed by atoms with van der Waals surface area (Å²) in [5, 5.41) is 0. The van der Waals surface area contributed by atoms with Gasteiger partial charge in [0.2, 0.25) is 0 Å². The van der Waals surface area contributed by atoms with Gasteiger partial charge in [-0.05, 0) is 0 Å². The zero-order valence-electron chi connectivity index (χ0n) is 3.31. The molecule has 0 aliphatic rings. The van der Waals surface area contributed by atoms with Crippen LogP contribution in [0.1, 0.15) is 0 Å². The first-order chi connectivity index (χ1) is 2.91. The zero-order chi connectivity index (χ0) is 4.83. The summed E-state index contributed by atoms with van der Waals surface area (Å²) < 4.78 is 0. The molecule has 0 heterocycles. The van der Waals surface area contributed by atoms with Crippen molar-refractivity contribution in [2.75, 3.05) is 11.5 Å². The van der Waals surface area contributed by atoms with Gasteiger partial charge in [-0.15, -0.1) is 0 Å². The van der Waals surface area contributed by atoms with Crippen molar-refractivity contribution in [3.63, 3.8) is 0 Å². The molecule has 0 saturated carbocycles. The molecule has 0 rings (SSSR count). The van der Waals surface area contributed by atoms with Gasteiger partial charge < -0.3 is 0 Å². The van der Waals surface area contributed by atoms with E-state index in [1.807, 2.05) is 0 Å². The molecular weight excluding hydrogens is 158 g/mol. The number of thiol groups is 2. The fourth-order valence-corrected chi connectivity index (χ4v) is 0.335. The van der Waals surface area contributed by atoms with E-state index in [4.69, 9.17) is 0 Å². The Kier molecular flexibility index (Phi) is 33.6. The van der Waals surface area contributed by atoms with E-state index in [9.17, 15) is 0 Å². The third-order valence-electron chi connectivity index (χ3n) is 0.283. The first-order valence-corrected chi connectivity index (χ1v) is 2.85. The van der Waals surface area contributed by atoms with Crippen LogP contribution in [-0.4, -0.2) is 70.6 Å². The molecular formula is C4H8Na2S2. The summed E-state index contributed by atoms with van der Waals surface area (Å²) in [6.45, 7) is 0. The van der Waals surface area contributed by atoms with E-state index in [2.05, 4.69) is 37.1 Å². The molecule has 0 bridgehead atoms. The van der Waals surface area contributed by atoms with Crippen molar-refractivity contribution in [3.8, 4) is 11.8 Å². The van der Waals surface area contributed by atoms with Crippen LogP contribution < -0.4 is 0 Å². The molecule has 8 heavy (non-hydrogen) atoms. The van der Waals surface area contributed by atoms with Gasteiger partial charge in [0.25, 0.3) is 0 Å². The Hall–Kier alpha value is 2.26. The summed E-state index contributed by atoms with van der Waals surface area (Å²) in [6, 6.07) is 0. The van der Waals surface area contributed by atoms with Crippen LogP contribution in [0, 0.1) is 11.8 Å². The summed E-state index contributed by atoms with van der Waals surface area (Å²) in [5.41, 5.74) is 0. The van der Waals surface area contributed by atoms with Gasteiger partial charge in [-0.25, -0.2) is 0 Å². The molecule has 0 fully saturated rings. The van der Waals surface area contributed by atoms with Gasteiger partial charge in [-0.2, -0.15) is 25.3 Å². The van der Waals surface area contributed by atoms with Gasteiger partial charge in [0.1, 0.15) is 0 Å². The molecule has 0 aliphatic carbocycles. The second kappa shape index (κ2) is 16.1. The van der Waals surface area contributed by atoms with Gasteiger partial charge in [-0.1, -0.05) is 11.8 Å². The second-order valence-electron chi connectivity index (χ2n) is 0.670. The molecule has 0 unspecified atom stereocenters. The zero-order valence-corrected chi connectivity index (χ0v) is 5.10. The summed E-state index contributed by atoms with van der Waals surface area (Å²) in [5.74, 6) is 6.75. The average Bonchev–Trinajstić information content (AvgIpc) is 1.61. The number of hydrogen-bond donors (Lipinski definition) is 2. The van der Waals surface area contributed by atoms with Crippen LogP contribution in [-0.2, 0) is 0 Å². The molecule has 0 N–H and O–H groups in total. The Morgan fingerprint density at radius 2 is 1.12 bits per heavy atom. The summed E-state index contributed by atoms with van der Waals surface area (Å²) in [4.78, 5) is 0. The second-order valence-corrected chi connectivity index (χ2v) is 1.30. The van der Waals surface area contributed by atoms with E-state index in [1.165, 1.54) is 0 Å². The molecule has 0 radical (unpaired) electrons. The predicted molar refractivity (Wildman–Crippen MR) is 49.8 cm³/mol. The van der Waals surface area contributed by atoms with Crippen molar-refractivity contribution >= 4 is 84.4 Å². The third-order valence-corrected chi connectivity index (χ3v) is 0.599. The van der Waals surface area contributed by atoms with Crippen LogP contribution in [0.3, 0.4) is 0 Å².